The average Bonchev–Trinajstić information content (AvgIpc) is 2.50. The number of rotatable bonds is 3. The van der Waals surface area contributed by atoms with Gasteiger partial charge in [0.25, 0.3) is 0 Å². The van der Waals surface area contributed by atoms with Gasteiger partial charge >= 0.3 is 0 Å². The summed E-state index contributed by atoms with van der Waals surface area (Å²) in [5.74, 6) is 0. The van der Waals surface area contributed by atoms with Crippen molar-refractivity contribution in [2.75, 3.05) is 6.54 Å². The third-order valence-corrected chi connectivity index (χ3v) is 4.56. The van der Waals surface area contributed by atoms with Crippen LogP contribution in [0.1, 0.15) is 35.8 Å². The lowest BCUT2D eigenvalue weighted by Crippen LogP contribution is -2.42. The lowest BCUT2D eigenvalue weighted by atomic mass is 9.64. The molecule has 14 heavy (non-hydrogen) atoms. The fourth-order valence-corrected chi connectivity index (χ4v) is 3.21. The van der Waals surface area contributed by atoms with Crippen molar-refractivity contribution in [2.45, 2.75) is 32.3 Å². The van der Waals surface area contributed by atoms with Crippen LogP contribution in [0, 0.1) is 12.3 Å². The summed E-state index contributed by atoms with van der Waals surface area (Å²) in [4.78, 5) is 1.11. The number of nitrogens with two attached hydrogens (primary N) is 1. The molecule has 0 amide bonds. The Balaban J connectivity index is 2.22. The zero-order chi connectivity index (χ0) is 10.2. The van der Waals surface area contributed by atoms with Crippen molar-refractivity contribution in [1.82, 2.24) is 0 Å². The molecule has 1 fully saturated rings. The largest absolute Gasteiger partial charge is 0.387 e. The van der Waals surface area contributed by atoms with Crippen molar-refractivity contribution in [1.29, 1.82) is 0 Å². The van der Waals surface area contributed by atoms with Gasteiger partial charge in [0.05, 0.1) is 6.10 Å². The molecule has 0 spiro atoms. The van der Waals surface area contributed by atoms with Crippen LogP contribution in [-0.2, 0) is 0 Å². The molecular weight excluding hydrogens is 194 g/mol. The van der Waals surface area contributed by atoms with E-state index in [1.165, 1.54) is 12.0 Å². The molecule has 0 radical (unpaired) electrons. The maximum Gasteiger partial charge on any atom is 0.0952 e. The fraction of sp³-hybridized carbons (Fsp3) is 0.636. The third-order valence-electron chi connectivity index (χ3n) is 3.49. The molecule has 78 valence electrons. The van der Waals surface area contributed by atoms with Gasteiger partial charge in [0.2, 0.25) is 0 Å². The molecule has 1 atom stereocenters. The van der Waals surface area contributed by atoms with Crippen molar-refractivity contribution in [3.8, 4) is 0 Å². The molecule has 0 aromatic carbocycles. The van der Waals surface area contributed by atoms with E-state index in [9.17, 15) is 5.11 Å². The Morgan fingerprint density at radius 2 is 2.36 bits per heavy atom. The number of hydrogen-bond acceptors (Lipinski definition) is 3. The average molecular weight is 211 g/mol. The molecule has 1 saturated carbocycles. The number of aliphatic hydroxyl groups excluding tert-OH is 1. The van der Waals surface area contributed by atoms with Crippen molar-refractivity contribution in [3.63, 3.8) is 0 Å². The van der Waals surface area contributed by atoms with Gasteiger partial charge < -0.3 is 10.8 Å². The summed E-state index contributed by atoms with van der Waals surface area (Å²) in [6.07, 6.45) is 3.00. The van der Waals surface area contributed by atoms with E-state index in [1.54, 1.807) is 11.3 Å². The van der Waals surface area contributed by atoms with E-state index in [1.807, 2.05) is 5.38 Å². The van der Waals surface area contributed by atoms with Crippen molar-refractivity contribution < 1.29 is 5.11 Å². The van der Waals surface area contributed by atoms with Crippen LogP contribution in [0.2, 0.25) is 0 Å². The van der Waals surface area contributed by atoms with E-state index in [0.717, 1.165) is 17.7 Å². The molecule has 0 aliphatic heterocycles. The highest BCUT2D eigenvalue weighted by Crippen LogP contribution is 2.50. The number of hydrogen-bond donors (Lipinski definition) is 2. The highest BCUT2D eigenvalue weighted by molar-refractivity contribution is 7.10. The van der Waals surface area contributed by atoms with Crippen LogP contribution in [0.5, 0.6) is 0 Å². The van der Waals surface area contributed by atoms with Gasteiger partial charge in [0.15, 0.2) is 0 Å². The number of aryl methyl sites for hydroxylation is 1. The summed E-state index contributed by atoms with van der Waals surface area (Å²) in [5.41, 5.74) is 6.95. The molecule has 2 rings (SSSR count). The molecule has 1 aliphatic rings. The summed E-state index contributed by atoms with van der Waals surface area (Å²) in [6.45, 7) is 2.66. The minimum absolute atomic E-state index is 0.0182. The van der Waals surface area contributed by atoms with Crippen molar-refractivity contribution in [2.24, 2.45) is 11.1 Å². The van der Waals surface area contributed by atoms with Crippen molar-refractivity contribution in [3.05, 3.63) is 21.9 Å². The SMILES string of the molecule is Cc1ccsc1C(O)C1(CN)CCC1. The van der Waals surface area contributed by atoms with Gasteiger partial charge in [-0.3, -0.25) is 0 Å². The lowest BCUT2D eigenvalue weighted by Gasteiger charge is -2.44. The van der Waals surface area contributed by atoms with Crippen LogP contribution in [0.15, 0.2) is 11.4 Å². The second kappa shape index (κ2) is 3.65. The first-order chi connectivity index (χ1) is 6.69. The van der Waals surface area contributed by atoms with E-state index < -0.39 is 0 Å². The van der Waals surface area contributed by atoms with Crippen LogP contribution < -0.4 is 5.73 Å². The molecule has 1 heterocycles. The van der Waals surface area contributed by atoms with Gasteiger partial charge in [0, 0.05) is 16.8 Å². The minimum Gasteiger partial charge on any atom is -0.387 e. The fourth-order valence-electron chi connectivity index (χ4n) is 2.16. The second-order valence-electron chi connectivity index (χ2n) is 4.29. The van der Waals surface area contributed by atoms with E-state index in [2.05, 4.69) is 13.0 Å². The number of thiophene rings is 1. The zero-order valence-corrected chi connectivity index (χ0v) is 9.31. The quantitative estimate of drug-likeness (QED) is 0.805. The topological polar surface area (TPSA) is 46.2 Å². The molecule has 2 nitrogen and oxygen atoms in total. The predicted octanol–water partition coefficient (Wildman–Crippen LogP) is 2.22. The number of aliphatic hydroxyl groups is 1. The summed E-state index contributed by atoms with van der Waals surface area (Å²) in [5, 5.41) is 12.3. The Morgan fingerprint density at radius 1 is 1.64 bits per heavy atom. The molecule has 3 N–H and O–H groups in total. The lowest BCUT2D eigenvalue weighted by molar-refractivity contribution is -0.0278. The first-order valence-electron chi connectivity index (χ1n) is 5.12. The molecule has 1 aromatic rings. The summed E-state index contributed by atoms with van der Waals surface area (Å²) >= 11 is 1.64. The van der Waals surface area contributed by atoms with E-state index >= 15 is 0 Å². The molecule has 0 bridgehead atoms. The summed E-state index contributed by atoms with van der Waals surface area (Å²) < 4.78 is 0. The van der Waals surface area contributed by atoms with E-state index in [-0.39, 0.29) is 11.5 Å². The van der Waals surface area contributed by atoms with Gasteiger partial charge in [-0.1, -0.05) is 6.42 Å². The second-order valence-corrected chi connectivity index (χ2v) is 5.24. The molecule has 1 aromatic heterocycles. The van der Waals surface area contributed by atoms with Crippen LogP contribution in [0.3, 0.4) is 0 Å². The maximum atomic E-state index is 10.3. The van der Waals surface area contributed by atoms with E-state index in [4.69, 9.17) is 5.73 Å². The normalized spacial score (nSPS) is 21.6. The summed E-state index contributed by atoms with van der Waals surface area (Å²) in [7, 11) is 0. The van der Waals surface area contributed by atoms with Crippen molar-refractivity contribution >= 4 is 11.3 Å². The first kappa shape index (κ1) is 10.1. The Morgan fingerprint density at radius 3 is 2.71 bits per heavy atom. The van der Waals surface area contributed by atoms with Crippen LogP contribution in [0.25, 0.3) is 0 Å². The minimum atomic E-state index is -0.346. The highest BCUT2D eigenvalue weighted by Gasteiger charge is 2.43. The van der Waals surface area contributed by atoms with Gasteiger partial charge in [-0.25, -0.2) is 0 Å². The highest BCUT2D eigenvalue weighted by atomic mass is 32.1. The van der Waals surface area contributed by atoms with Gasteiger partial charge in [-0.2, -0.15) is 0 Å². The molecule has 0 saturated heterocycles. The zero-order valence-electron chi connectivity index (χ0n) is 8.49. The Kier molecular flexibility index (Phi) is 2.64. The molecule has 1 aliphatic carbocycles. The van der Waals surface area contributed by atoms with Crippen LogP contribution in [-0.4, -0.2) is 11.7 Å². The predicted molar refractivity (Wildman–Crippen MR) is 59.4 cm³/mol. The maximum absolute atomic E-state index is 10.3. The monoisotopic (exact) mass is 211 g/mol. The van der Waals surface area contributed by atoms with Gasteiger partial charge in [-0.05, 0) is 36.8 Å². The standard InChI is InChI=1S/C11H17NOS/c1-8-3-6-14-9(8)10(13)11(7-12)4-2-5-11/h3,6,10,13H,2,4-5,7,12H2,1H3. The van der Waals surface area contributed by atoms with Gasteiger partial charge in [0.1, 0.15) is 0 Å². The molecular formula is C11H17NOS. The van der Waals surface area contributed by atoms with Crippen LogP contribution in [0.4, 0.5) is 0 Å². The molecule has 1 unspecified atom stereocenters. The van der Waals surface area contributed by atoms with E-state index in [0.29, 0.717) is 6.54 Å². The van der Waals surface area contributed by atoms with Gasteiger partial charge in [-0.15, -0.1) is 11.3 Å². The van der Waals surface area contributed by atoms with Crippen LogP contribution >= 0.6 is 11.3 Å². The first-order valence-corrected chi connectivity index (χ1v) is 6.00. The summed E-state index contributed by atoms with van der Waals surface area (Å²) in [6, 6.07) is 2.06. The third kappa shape index (κ3) is 1.40. The Labute approximate surface area is 88.8 Å². The molecule has 3 heteroatoms. The Hall–Kier alpha value is -0.380. The smallest absolute Gasteiger partial charge is 0.0952 e. The Bertz CT molecular complexity index is 311.